The van der Waals surface area contributed by atoms with Gasteiger partial charge in [-0.25, -0.2) is 4.39 Å². The molecule has 0 aliphatic rings. The molecule has 6 heteroatoms. The van der Waals surface area contributed by atoms with Crippen molar-refractivity contribution >= 4 is 16.9 Å². The maximum atomic E-state index is 13.1. The Morgan fingerprint density at radius 1 is 1.07 bits per heavy atom. The van der Waals surface area contributed by atoms with Gasteiger partial charge in [-0.2, -0.15) is 5.10 Å². The van der Waals surface area contributed by atoms with Gasteiger partial charge in [-0.05, 0) is 59.5 Å². The zero-order valence-corrected chi connectivity index (χ0v) is 16.5. The molecular weight excluding hydrogens is 383 g/mol. The Bertz CT molecular complexity index is 1200. The number of carboxylic acids is 1. The molecule has 0 bridgehead atoms. The minimum absolute atomic E-state index is 0.0663. The topological polar surface area (TPSA) is 64.4 Å². The molecular formula is C24H21FN2O3. The van der Waals surface area contributed by atoms with Gasteiger partial charge in [0.15, 0.2) is 0 Å². The van der Waals surface area contributed by atoms with E-state index in [-0.39, 0.29) is 12.2 Å². The van der Waals surface area contributed by atoms with Crippen LogP contribution in [0.15, 0.2) is 66.9 Å². The lowest BCUT2D eigenvalue weighted by Gasteiger charge is -2.14. The first-order chi connectivity index (χ1) is 14.5. The van der Waals surface area contributed by atoms with Gasteiger partial charge in [0.25, 0.3) is 0 Å². The van der Waals surface area contributed by atoms with Crippen molar-refractivity contribution in [2.75, 3.05) is 0 Å². The lowest BCUT2D eigenvalue weighted by Crippen LogP contribution is -2.00. The Balaban J connectivity index is 1.68. The molecule has 152 valence electrons. The molecule has 4 aromatic rings. The second kappa shape index (κ2) is 8.37. The second-order valence-corrected chi connectivity index (χ2v) is 7.18. The maximum Gasteiger partial charge on any atom is 0.303 e. The molecule has 3 aromatic carbocycles. The summed E-state index contributed by atoms with van der Waals surface area (Å²) in [5.41, 5.74) is 4.65. The number of carbonyl (C=O) groups is 1. The van der Waals surface area contributed by atoms with Crippen molar-refractivity contribution in [3.63, 3.8) is 0 Å². The zero-order valence-electron chi connectivity index (χ0n) is 16.5. The van der Waals surface area contributed by atoms with Crippen LogP contribution in [-0.2, 0) is 24.9 Å². The van der Waals surface area contributed by atoms with Crippen molar-refractivity contribution in [2.24, 2.45) is 7.05 Å². The molecule has 0 aliphatic heterocycles. The highest BCUT2D eigenvalue weighted by atomic mass is 19.1. The summed E-state index contributed by atoms with van der Waals surface area (Å²) in [4.78, 5) is 11.0. The third-order valence-electron chi connectivity index (χ3n) is 5.04. The third kappa shape index (κ3) is 4.33. The van der Waals surface area contributed by atoms with Crippen molar-refractivity contribution in [1.29, 1.82) is 0 Å². The molecule has 4 rings (SSSR count). The van der Waals surface area contributed by atoms with Gasteiger partial charge in [0.1, 0.15) is 18.2 Å². The maximum absolute atomic E-state index is 13.1. The van der Waals surface area contributed by atoms with Gasteiger partial charge in [-0.3, -0.25) is 9.48 Å². The van der Waals surface area contributed by atoms with Crippen LogP contribution in [0.25, 0.3) is 22.0 Å². The minimum Gasteiger partial charge on any atom is -0.488 e. The van der Waals surface area contributed by atoms with Crippen LogP contribution in [-0.4, -0.2) is 20.9 Å². The minimum atomic E-state index is -0.829. The van der Waals surface area contributed by atoms with Gasteiger partial charge in [-0.15, -0.1) is 0 Å². The van der Waals surface area contributed by atoms with E-state index in [1.54, 1.807) is 12.1 Å². The quantitative estimate of drug-likeness (QED) is 0.472. The summed E-state index contributed by atoms with van der Waals surface area (Å²) in [7, 11) is 1.89. The van der Waals surface area contributed by atoms with E-state index in [1.165, 1.54) is 12.1 Å². The Hall–Kier alpha value is -3.67. The fourth-order valence-electron chi connectivity index (χ4n) is 3.41. The van der Waals surface area contributed by atoms with Crippen LogP contribution < -0.4 is 4.74 Å². The van der Waals surface area contributed by atoms with Crippen LogP contribution in [0.3, 0.4) is 0 Å². The van der Waals surface area contributed by atoms with Gasteiger partial charge < -0.3 is 9.84 Å². The van der Waals surface area contributed by atoms with E-state index < -0.39 is 5.97 Å². The van der Waals surface area contributed by atoms with Crippen LogP contribution in [0.4, 0.5) is 4.39 Å². The van der Waals surface area contributed by atoms with Crippen LogP contribution >= 0.6 is 0 Å². The first-order valence-electron chi connectivity index (χ1n) is 9.64. The normalized spacial score (nSPS) is 11.0. The van der Waals surface area contributed by atoms with Gasteiger partial charge in [0.2, 0.25) is 0 Å². The fraction of sp³-hybridized carbons (Fsp3) is 0.167. The predicted molar refractivity (Wildman–Crippen MR) is 113 cm³/mol. The number of hydrogen-bond acceptors (Lipinski definition) is 3. The number of ether oxygens (including phenoxy) is 1. The smallest absolute Gasteiger partial charge is 0.303 e. The molecule has 0 amide bonds. The van der Waals surface area contributed by atoms with Crippen LogP contribution in [0.5, 0.6) is 5.75 Å². The summed E-state index contributed by atoms with van der Waals surface area (Å²) < 4.78 is 21.0. The lowest BCUT2D eigenvalue weighted by atomic mass is 9.99. The molecule has 0 spiro atoms. The molecule has 0 saturated heterocycles. The molecule has 0 aliphatic carbocycles. The zero-order chi connectivity index (χ0) is 21.1. The van der Waals surface area contributed by atoms with E-state index in [4.69, 9.17) is 9.84 Å². The molecule has 0 fully saturated rings. The van der Waals surface area contributed by atoms with E-state index in [1.807, 2.05) is 54.3 Å². The molecule has 0 atom stereocenters. The van der Waals surface area contributed by atoms with Crippen molar-refractivity contribution < 1.29 is 19.0 Å². The first-order valence-corrected chi connectivity index (χ1v) is 9.64. The highest BCUT2D eigenvalue weighted by Gasteiger charge is 2.11. The average Bonchev–Trinajstić information content (AvgIpc) is 3.12. The van der Waals surface area contributed by atoms with E-state index in [9.17, 15) is 9.18 Å². The Morgan fingerprint density at radius 3 is 2.60 bits per heavy atom. The Labute approximate surface area is 173 Å². The van der Waals surface area contributed by atoms with Gasteiger partial charge in [0.05, 0.1) is 11.7 Å². The number of rotatable bonds is 7. The SMILES string of the molecule is Cn1ncc2cc(-c3cc(CCC(=O)O)ccc3OCc3ccc(F)cc3)ccc21. The Kier molecular flexibility index (Phi) is 5.48. The molecule has 0 unspecified atom stereocenters. The molecule has 0 saturated carbocycles. The highest BCUT2D eigenvalue weighted by Crippen LogP contribution is 2.34. The summed E-state index contributed by atoms with van der Waals surface area (Å²) in [5.74, 6) is -0.432. The number of carboxylic acid groups (broad SMARTS) is 1. The number of aliphatic carboxylic acids is 1. The number of hydrogen-bond donors (Lipinski definition) is 1. The van der Waals surface area contributed by atoms with Crippen molar-refractivity contribution in [1.82, 2.24) is 9.78 Å². The van der Waals surface area contributed by atoms with Crippen molar-refractivity contribution in [3.8, 4) is 16.9 Å². The second-order valence-electron chi connectivity index (χ2n) is 7.18. The number of benzene rings is 3. The number of halogens is 1. The number of aryl methyl sites for hydroxylation is 2. The van der Waals surface area contributed by atoms with E-state index in [2.05, 4.69) is 5.10 Å². The summed E-state index contributed by atoms with van der Waals surface area (Å²) >= 11 is 0. The number of fused-ring (bicyclic) bond motifs is 1. The van der Waals surface area contributed by atoms with E-state index >= 15 is 0 Å². The molecule has 1 heterocycles. The molecule has 0 radical (unpaired) electrons. The summed E-state index contributed by atoms with van der Waals surface area (Å²) in [6.07, 6.45) is 2.32. The van der Waals surface area contributed by atoms with Gasteiger partial charge >= 0.3 is 5.97 Å². The summed E-state index contributed by atoms with van der Waals surface area (Å²) in [6.45, 7) is 0.302. The largest absolute Gasteiger partial charge is 0.488 e. The van der Waals surface area contributed by atoms with Crippen LogP contribution in [0, 0.1) is 5.82 Å². The highest BCUT2D eigenvalue weighted by molar-refractivity contribution is 5.86. The monoisotopic (exact) mass is 404 g/mol. The molecule has 30 heavy (non-hydrogen) atoms. The van der Waals surface area contributed by atoms with E-state index in [0.717, 1.165) is 33.2 Å². The standard InChI is InChI=1S/C24H21FN2O3/c1-27-22-9-6-18(13-19(22)14-26-27)21-12-16(5-11-24(28)29)4-10-23(21)30-15-17-2-7-20(25)8-3-17/h2-4,6-10,12-14H,5,11,15H2,1H3,(H,28,29). The first kappa shape index (κ1) is 19.6. The Morgan fingerprint density at radius 2 is 1.83 bits per heavy atom. The molecule has 1 N–H and O–H groups in total. The number of nitrogens with zero attached hydrogens (tertiary/aromatic N) is 2. The average molecular weight is 404 g/mol. The van der Waals surface area contributed by atoms with Crippen LogP contribution in [0.1, 0.15) is 17.5 Å². The number of aromatic nitrogens is 2. The predicted octanol–water partition coefficient (Wildman–Crippen LogP) is 4.98. The van der Waals surface area contributed by atoms with Gasteiger partial charge in [0, 0.05) is 24.4 Å². The lowest BCUT2D eigenvalue weighted by molar-refractivity contribution is -0.136. The van der Waals surface area contributed by atoms with Gasteiger partial charge in [-0.1, -0.05) is 24.3 Å². The van der Waals surface area contributed by atoms with Crippen molar-refractivity contribution in [2.45, 2.75) is 19.4 Å². The van der Waals surface area contributed by atoms with Crippen LogP contribution in [0.2, 0.25) is 0 Å². The van der Waals surface area contributed by atoms with E-state index in [0.29, 0.717) is 18.8 Å². The molecule has 1 aromatic heterocycles. The molecule has 5 nitrogen and oxygen atoms in total. The summed E-state index contributed by atoms with van der Waals surface area (Å²) in [5, 5.41) is 14.3. The summed E-state index contributed by atoms with van der Waals surface area (Å²) in [6, 6.07) is 18.0. The third-order valence-corrected chi connectivity index (χ3v) is 5.04. The van der Waals surface area contributed by atoms with Crippen molar-refractivity contribution in [3.05, 3.63) is 83.8 Å². The fourth-order valence-corrected chi connectivity index (χ4v) is 3.41.